The van der Waals surface area contributed by atoms with Crippen LogP contribution in [0.4, 0.5) is 0 Å². The van der Waals surface area contributed by atoms with Crippen molar-refractivity contribution in [1.29, 1.82) is 5.26 Å². The Hall–Kier alpha value is -1.33. The first-order chi connectivity index (χ1) is 8.40. The van der Waals surface area contributed by atoms with Crippen molar-refractivity contribution in [1.82, 2.24) is 5.32 Å². The molecule has 0 amide bonds. The molecule has 0 saturated heterocycles. The van der Waals surface area contributed by atoms with Crippen molar-refractivity contribution in [2.24, 2.45) is 0 Å². The van der Waals surface area contributed by atoms with Gasteiger partial charge in [0.1, 0.15) is 0 Å². The van der Waals surface area contributed by atoms with E-state index in [-0.39, 0.29) is 6.04 Å². The van der Waals surface area contributed by atoms with Crippen molar-refractivity contribution in [2.75, 3.05) is 0 Å². The lowest BCUT2D eigenvalue weighted by molar-refractivity contribution is 0.339. The first kappa shape index (κ1) is 12.1. The lowest BCUT2D eigenvalue weighted by Crippen LogP contribution is -2.34. The fraction of sp³-hybridized carbons (Fsp3) is 0.533. The summed E-state index contributed by atoms with van der Waals surface area (Å²) in [4.78, 5) is 0. The summed E-state index contributed by atoms with van der Waals surface area (Å²) in [7, 11) is 0. The molecule has 0 aromatic heterocycles. The molecule has 1 unspecified atom stereocenters. The zero-order valence-electron chi connectivity index (χ0n) is 10.2. The Bertz CT molecular complexity index is 360. The van der Waals surface area contributed by atoms with Crippen LogP contribution < -0.4 is 5.32 Å². The number of nitrogens with one attached hydrogen (secondary N) is 1. The first-order valence-corrected chi connectivity index (χ1v) is 6.58. The highest BCUT2D eigenvalue weighted by Gasteiger charge is 2.18. The van der Waals surface area contributed by atoms with E-state index in [1.807, 2.05) is 18.2 Å². The number of nitriles is 1. The van der Waals surface area contributed by atoms with Crippen molar-refractivity contribution in [3.05, 3.63) is 35.9 Å². The Morgan fingerprint density at radius 3 is 2.53 bits per heavy atom. The molecule has 1 atom stereocenters. The van der Waals surface area contributed by atoms with Crippen LogP contribution in [0.25, 0.3) is 0 Å². The predicted octanol–water partition coefficient (Wildman–Crippen LogP) is 3.56. The summed E-state index contributed by atoms with van der Waals surface area (Å²) < 4.78 is 0. The molecule has 1 aliphatic rings. The van der Waals surface area contributed by atoms with Crippen molar-refractivity contribution < 1.29 is 0 Å². The van der Waals surface area contributed by atoms with Gasteiger partial charge in [-0.25, -0.2) is 0 Å². The summed E-state index contributed by atoms with van der Waals surface area (Å²) >= 11 is 0. The van der Waals surface area contributed by atoms with Gasteiger partial charge in [-0.15, -0.1) is 0 Å². The highest BCUT2D eigenvalue weighted by molar-refractivity contribution is 5.20. The van der Waals surface area contributed by atoms with Crippen LogP contribution >= 0.6 is 0 Å². The third kappa shape index (κ3) is 3.57. The fourth-order valence-corrected chi connectivity index (χ4v) is 2.60. The van der Waals surface area contributed by atoms with Gasteiger partial charge in [0, 0.05) is 12.1 Å². The smallest absolute Gasteiger partial charge is 0.0641 e. The van der Waals surface area contributed by atoms with E-state index in [2.05, 4.69) is 23.5 Å². The summed E-state index contributed by atoms with van der Waals surface area (Å²) in [6.07, 6.45) is 7.09. The molecule has 2 nitrogen and oxygen atoms in total. The van der Waals surface area contributed by atoms with Gasteiger partial charge in [0.2, 0.25) is 0 Å². The summed E-state index contributed by atoms with van der Waals surface area (Å²) in [5, 5.41) is 12.6. The minimum Gasteiger partial charge on any atom is -0.306 e. The molecule has 0 aliphatic heterocycles. The van der Waals surface area contributed by atoms with Gasteiger partial charge in [0.25, 0.3) is 0 Å². The van der Waals surface area contributed by atoms with Gasteiger partial charge in [-0.3, -0.25) is 0 Å². The molecule has 2 heteroatoms. The molecule has 1 aromatic rings. The molecular formula is C15H20N2. The van der Waals surface area contributed by atoms with Gasteiger partial charge in [-0.1, -0.05) is 49.6 Å². The van der Waals surface area contributed by atoms with E-state index in [9.17, 15) is 0 Å². The van der Waals surface area contributed by atoms with Crippen LogP contribution in [-0.4, -0.2) is 6.04 Å². The van der Waals surface area contributed by atoms with Gasteiger partial charge < -0.3 is 5.32 Å². The van der Waals surface area contributed by atoms with E-state index < -0.39 is 0 Å². The molecule has 0 bridgehead atoms. The molecule has 1 aliphatic carbocycles. The van der Waals surface area contributed by atoms with Crippen molar-refractivity contribution in [2.45, 2.75) is 50.6 Å². The molecule has 90 valence electrons. The Morgan fingerprint density at radius 1 is 1.18 bits per heavy atom. The minimum atomic E-state index is 0.198. The van der Waals surface area contributed by atoms with Gasteiger partial charge in [0.15, 0.2) is 0 Å². The third-order valence-electron chi connectivity index (χ3n) is 3.54. The third-order valence-corrected chi connectivity index (χ3v) is 3.54. The van der Waals surface area contributed by atoms with Gasteiger partial charge >= 0.3 is 0 Å². The van der Waals surface area contributed by atoms with Crippen molar-refractivity contribution >= 4 is 0 Å². The average Bonchev–Trinajstić information content (AvgIpc) is 2.40. The molecule has 2 rings (SSSR count). The maximum atomic E-state index is 8.94. The van der Waals surface area contributed by atoms with Crippen LogP contribution in [0.15, 0.2) is 30.3 Å². The molecule has 0 radical (unpaired) electrons. The minimum absolute atomic E-state index is 0.198. The topological polar surface area (TPSA) is 35.8 Å². The fourth-order valence-electron chi connectivity index (χ4n) is 2.60. The summed E-state index contributed by atoms with van der Waals surface area (Å²) in [6, 6.07) is 13.4. The second-order valence-electron chi connectivity index (χ2n) is 4.83. The summed E-state index contributed by atoms with van der Waals surface area (Å²) in [6.45, 7) is 0. The van der Waals surface area contributed by atoms with Crippen LogP contribution in [0, 0.1) is 11.3 Å². The monoisotopic (exact) mass is 228 g/mol. The van der Waals surface area contributed by atoms with E-state index in [0.29, 0.717) is 12.5 Å². The quantitative estimate of drug-likeness (QED) is 0.855. The molecule has 0 spiro atoms. The standard InChI is InChI=1S/C15H20N2/c16-12-11-15(13-7-3-1-4-8-13)17-14-9-5-2-6-10-14/h1,3-4,7-8,14-15,17H,2,5-6,9-11H2. The summed E-state index contributed by atoms with van der Waals surface area (Å²) in [5.41, 5.74) is 1.24. The maximum Gasteiger partial charge on any atom is 0.0641 e. The van der Waals surface area contributed by atoms with Gasteiger partial charge in [-0.2, -0.15) is 5.26 Å². The van der Waals surface area contributed by atoms with E-state index in [1.165, 1.54) is 37.7 Å². The van der Waals surface area contributed by atoms with Crippen LogP contribution in [0.1, 0.15) is 50.1 Å². The number of benzene rings is 1. The van der Waals surface area contributed by atoms with Crippen LogP contribution in [0.3, 0.4) is 0 Å². The molecular weight excluding hydrogens is 208 g/mol. The van der Waals surface area contributed by atoms with Crippen LogP contribution in [0.5, 0.6) is 0 Å². The molecule has 17 heavy (non-hydrogen) atoms. The lowest BCUT2D eigenvalue weighted by atomic mass is 9.93. The molecule has 0 heterocycles. The number of nitrogens with zero attached hydrogens (tertiary/aromatic N) is 1. The zero-order chi connectivity index (χ0) is 11.9. The van der Waals surface area contributed by atoms with E-state index in [0.717, 1.165) is 0 Å². The second kappa shape index (κ2) is 6.42. The molecule has 1 fully saturated rings. The Kier molecular flexibility index (Phi) is 4.58. The number of hydrogen-bond donors (Lipinski definition) is 1. The molecule has 1 aromatic carbocycles. The van der Waals surface area contributed by atoms with Gasteiger partial charge in [-0.05, 0) is 18.4 Å². The van der Waals surface area contributed by atoms with Gasteiger partial charge in [0.05, 0.1) is 12.5 Å². The van der Waals surface area contributed by atoms with E-state index in [4.69, 9.17) is 5.26 Å². The number of hydrogen-bond acceptors (Lipinski definition) is 2. The first-order valence-electron chi connectivity index (χ1n) is 6.58. The normalized spacial score (nSPS) is 18.5. The number of rotatable bonds is 4. The van der Waals surface area contributed by atoms with Crippen molar-refractivity contribution in [3.63, 3.8) is 0 Å². The largest absolute Gasteiger partial charge is 0.306 e. The second-order valence-corrected chi connectivity index (χ2v) is 4.83. The van der Waals surface area contributed by atoms with Crippen LogP contribution in [-0.2, 0) is 0 Å². The molecule has 1 saturated carbocycles. The maximum absolute atomic E-state index is 8.94. The highest BCUT2D eigenvalue weighted by Crippen LogP contribution is 2.23. The Balaban J connectivity index is 1.99. The van der Waals surface area contributed by atoms with Crippen molar-refractivity contribution in [3.8, 4) is 6.07 Å². The van der Waals surface area contributed by atoms with E-state index in [1.54, 1.807) is 0 Å². The average molecular weight is 228 g/mol. The predicted molar refractivity (Wildman–Crippen MR) is 69.4 cm³/mol. The highest BCUT2D eigenvalue weighted by atomic mass is 14.9. The summed E-state index contributed by atoms with van der Waals surface area (Å²) in [5.74, 6) is 0. The van der Waals surface area contributed by atoms with Crippen LogP contribution in [0.2, 0.25) is 0 Å². The zero-order valence-corrected chi connectivity index (χ0v) is 10.2. The SMILES string of the molecule is N#CCC(NC1CCCCC1)c1ccccc1. The molecule has 1 N–H and O–H groups in total. The Morgan fingerprint density at radius 2 is 1.88 bits per heavy atom. The lowest BCUT2D eigenvalue weighted by Gasteiger charge is -2.27. The Labute approximate surface area is 104 Å². The van der Waals surface area contributed by atoms with E-state index >= 15 is 0 Å².